The van der Waals surface area contributed by atoms with Crippen molar-refractivity contribution in [3.8, 4) is 0 Å². The second kappa shape index (κ2) is 6.71. The summed E-state index contributed by atoms with van der Waals surface area (Å²) < 4.78 is 0. The quantitative estimate of drug-likeness (QED) is 0.881. The van der Waals surface area contributed by atoms with E-state index in [1.54, 1.807) is 17.9 Å². The summed E-state index contributed by atoms with van der Waals surface area (Å²) in [5.41, 5.74) is 2.49. The van der Waals surface area contributed by atoms with Gasteiger partial charge in [0, 0.05) is 36.7 Å². The third-order valence-electron chi connectivity index (χ3n) is 4.94. The van der Waals surface area contributed by atoms with Crippen LogP contribution in [0.15, 0.2) is 18.2 Å². The smallest absolute Gasteiger partial charge is 0.321 e. The van der Waals surface area contributed by atoms with E-state index in [0.29, 0.717) is 25.2 Å². The normalized spacial score (nSPS) is 22.4. The van der Waals surface area contributed by atoms with Gasteiger partial charge in [-0.25, -0.2) is 4.79 Å². The van der Waals surface area contributed by atoms with Crippen molar-refractivity contribution >= 4 is 17.5 Å². The Morgan fingerprint density at radius 2 is 2.17 bits per heavy atom. The Balaban J connectivity index is 1.68. The Labute approximate surface area is 136 Å². The first kappa shape index (κ1) is 16.0. The zero-order valence-corrected chi connectivity index (χ0v) is 13.5. The van der Waals surface area contributed by atoms with Gasteiger partial charge in [-0.15, -0.1) is 0 Å². The van der Waals surface area contributed by atoms with Crippen molar-refractivity contribution in [2.24, 2.45) is 5.92 Å². The van der Waals surface area contributed by atoms with Gasteiger partial charge < -0.3 is 15.3 Å². The maximum absolute atomic E-state index is 12.4. The Morgan fingerprint density at radius 3 is 2.96 bits per heavy atom. The molecule has 23 heavy (non-hydrogen) atoms. The number of amides is 2. The number of hydrogen-bond acceptors (Lipinski definition) is 3. The van der Waals surface area contributed by atoms with Crippen molar-refractivity contribution < 1.29 is 14.7 Å². The van der Waals surface area contributed by atoms with Crippen molar-refractivity contribution in [3.05, 3.63) is 29.3 Å². The Morgan fingerprint density at radius 1 is 1.35 bits per heavy atom. The van der Waals surface area contributed by atoms with E-state index in [0.717, 1.165) is 36.8 Å². The lowest BCUT2D eigenvalue weighted by Crippen LogP contribution is -2.44. The molecule has 0 radical (unpaired) electrons. The van der Waals surface area contributed by atoms with E-state index in [4.69, 9.17) is 0 Å². The molecule has 0 saturated carbocycles. The molecule has 1 fully saturated rings. The fourth-order valence-electron chi connectivity index (χ4n) is 3.50. The maximum Gasteiger partial charge on any atom is 0.321 e. The lowest BCUT2D eigenvalue weighted by atomic mass is 9.90. The van der Waals surface area contributed by atoms with Crippen LogP contribution >= 0.6 is 0 Å². The minimum atomic E-state index is -0.396. The predicted octanol–water partition coefficient (Wildman–Crippen LogP) is 2.83. The van der Waals surface area contributed by atoms with E-state index in [9.17, 15) is 14.7 Å². The van der Waals surface area contributed by atoms with Gasteiger partial charge in [0.2, 0.25) is 0 Å². The molecule has 0 bridgehead atoms. The first-order chi connectivity index (χ1) is 11.0. The molecule has 0 spiro atoms. The van der Waals surface area contributed by atoms with Crippen molar-refractivity contribution in [1.82, 2.24) is 4.90 Å². The first-order valence-corrected chi connectivity index (χ1v) is 8.44. The third-order valence-corrected chi connectivity index (χ3v) is 4.94. The number of aryl methyl sites for hydroxylation is 1. The number of piperidine rings is 1. The Bertz CT molecular complexity index is 612. The molecule has 5 heteroatoms. The maximum atomic E-state index is 12.4. The number of carbonyl (C=O) groups excluding carboxylic acids is 2. The van der Waals surface area contributed by atoms with E-state index < -0.39 is 6.10 Å². The molecule has 0 aromatic heterocycles. The van der Waals surface area contributed by atoms with Gasteiger partial charge in [0.25, 0.3) is 0 Å². The van der Waals surface area contributed by atoms with Gasteiger partial charge in [-0.1, -0.05) is 6.07 Å². The Kier molecular flexibility index (Phi) is 4.66. The van der Waals surface area contributed by atoms with Gasteiger partial charge >= 0.3 is 6.03 Å². The van der Waals surface area contributed by atoms with Crippen LogP contribution < -0.4 is 5.32 Å². The molecule has 1 saturated heterocycles. The minimum absolute atomic E-state index is 0.139. The molecule has 2 amide bonds. The number of aliphatic hydroxyl groups is 1. The zero-order valence-electron chi connectivity index (χ0n) is 13.5. The van der Waals surface area contributed by atoms with Gasteiger partial charge in [0.05, 0.1) is 6.10 Å². The van der Waals surface area contributed by atoms with Crippen LogP contribution in [-0.4, -0.2) is 41.0 Å². The number of Topliss-reactive ketones (excluding diaryl/α,β-unsaturated/α-hetero) is 1. The monoisotopic (exact) mass is 316 g/mol. The number of urea groups is 1. The third kappa shape index (κ3) is 3.55. The van der Waals surface area contributed by atoms with E-state index >= 15 is 0 Å². The summed E-state index contributed by atoms with van der Waals surface area (Å²) in [5.74, 6) is 0.300. The fourth-order valence-corrected chi connectivity index (χ4v) is 3.50. The minimum Gasteiger partial charge on any atom is -0.393 e. The van der Waals surface area contributed by atoms with Crippen molar-refractivity contribution in [3.63, 3.8) is 0 Å². The molecule has 5 nitrogen and oxygen atoms in total. The Hall–Kier alpha value is -1.88. The highest BCUT2D eigenvalue weighted by Gasteiger charge is 2.26. The van der Waals surface area contributed by atoms with Gasteiger partial charge in [0.1, 0.15) is 0 Å². The molecule has 2 N–H and O–H groups in total. The molecule has 1 aromatic carbocycles. The SMILES string of the molecule is CC(O)C1CCCN(C(=O)Nc2ccc3c(c2)C(=O)CCC3)C1. The summed E-state index contributed by atoms with van der Waals surface area (Å²) in [5, 5.41) is 12.6. The van der Waals surface area contributed by atoms with Gasteiger partial charge in [-0.3, -0.25) is 4.79 Å². The van der Waals surface area contributed by atoms with Crippen LogP contribution in [0.5, 0.6) is 0 Å². The summed E-state index contributed by atoms with van der Waals surface area (Å²) in [6, 6.07) is 5.45. The molecular weight excluding hydrogens is 292 g/mol. The lowest BCUT2D eigenvalue weighted by molar-refractivity contribution is 0.0765. The van der Waals surface area contributed by atoms with Crippen LogP contribution in [0.3, 0.4) is 0 Å². The highest BCUT2D eigenvalue weighted by atomic mass is 16.3. The molecule has 1 aliphatic carbocycles. The largest absolute Gasteiger partial charge is 0.393 e. The van der Waals surface area contributed by atoms with E-state index in [2.05, 4.69) is 5.32 Å². The lowest BCUT2D eigenvalue weighted by Gasteiger charge is -2.34. The van der Waals surface area contributed by atoms with Crippen LogP contribution in [0.25, 0.3) is 0 Å². The van der Waals surface area contributed by atoms with Crippen LogP contribution in [0.2, 0.25) is 0 Å². The molecule has 1 aromatic rings. The van der Waals surface area contributed by atoms with Gasteiger partial charge in [0.15, 0.2) is 5.78 Å². The van der Waals surface area contributed by atoms with Crippen LogP contribution in [0.4, 0.5) is 10.5 Å². The number of nitrogens with one attached hydrogen (secondary N) is 1. The molecule has 2 aliphatic rings. The van der Waals surface area contributed by atoms with Crippen LogP contribution in [-0.2, 0) is 6.42 Å². The van der Waals surface area contributed by atoms with E-state index in [1.165, 1.54) is 0 Å². The summed E-state index contributed by atoms with van der Waals surface area (Å²) in [6.07, 6.45) is 3.89. The number of anilines is 1. The average molecular weight is 316 g/mol. The molecule has 2 atom stereocenters. The van der Waals surface area contributed by atoms with E-state index in [-0.39, 0.29) is 17.7 Å². The number of rotatable bonds is 2. The first-order valence-electron chi connectivity index (χ1n) is 8.44. The van der Waals surface area contributed by atoms with Crippen molar-refractivity contribution in [1.29, 1.82) is 0 Å². The molecule has 1 aliphatic heterocycles. The second-order valence-corrected chi connectivity index (χ2v) is 6.67. The van der Waals surface area contributed by atoms with Gasteiger partial charge in [-0.05, 0) is 50.3 Å². The number of benzene rings is 1. The summed E-state index contributed by atoms with van der Waals surface area (Å²) >= 11 is 0. The van der Waals surface area contributed by atoms with Crippen molar-refractivity contribution in [2.75, 3.05) is 18.4 Å². The van der Waals surface area contributed by atoms with Gasteiger partial charge in [-0.2, -0.15) is 0 Å². The van der Waals surface area contributed by atoms with Crippen molar-refractivity contribution in [2.45, 2.75) is 45.1 Å². The predicted molar refractivity (Wildman–Crippen MR) is 88.7 cm³/mol. The molecular formula is C18H24N2O3. The topological polar surface area (TPSA) is 69.6 Å². The summed E-state index contributed by atoms with van der Waals surface area (Å²) in [7, 11) is 0. The highest BCUT2D eigenvalue weighted by Crippen LogP contribution is 2.25. The number of nitrogens with zero attached hydrogens (tertiary/aromatic N) is 1. The zero-order chi connectivity index (χ0) is 16.4. The van der Waals surface area contributed by atoms with Crippen LogP contribution in [0.1, 0.15) is 48.5 Å². The summed E-state index contributed by atoms with van der Waals surface area (Å²) in [6.45, 7) is 3.06. The van der Waals surface area contributed by atoms with E-state index in [1.807, 2.05) is 12.1 Å². The molecule has 1 heterocycles. The number of likely N-dealkylation sites (tertiary alicyclic amines) is 1. The number of aliphatic hydroxyl groups excluding tert-OH is 1. The standard InChI is InChI=1S/C18H24N2O3/c1-12(21)14-5-3-9-20(11-14)18(23)19-15-8-7-13-4-2-6-17(22)16(13)10-15/h7-8,10,12,14,21H,2-6,9,11H2,1H3,(H,19,23). The number of carbonyl (C=O) groups is 2. The second-order valence-electron chi connectivity index (χ2n) is 6.67. The fraction of sp³-hybridized carbons (Fsp3) is 0.556. The highest BCUT2D eigenvalue weighted by molar-refractivity contribution is 6.00. The summed E-state index contributed by atoms with van der Waals surface area (Å²) in [4.78, 5) is 26.2. The number of hydrogen-bond donors (Lipinski definition) is 2. The van der Waals surface area contributed by atoms with Crippen LogP contribution in [0, 0.1) is 5.92 Å². The number of fused-ring (bicyclic) bond motifs is 1. The molecule has 3 rings (SSSR count). The number of ketones is 1. The molecule has 124 valence electrons. The molecule has 2 unspecified atom stereocenters. The average Bonchev–Trinajstić information content (AvgIpc) is 2.55.